The van der Waals surface area contributed by atoms with Gasteiger partial charge in [-0.05, 0) is 54.8 Å². The van der Waals surface area contributed by atoms with E-state index in [-0.39, 0.29) is 36.2 Å². The minimum Gasteiger partial charge on any atom is -0.497 e. The van der Waals surface area contributed by atoms with Crippen molar-refractivity contribution in [3.63, 3.8) is 0 Å². The Balaban J connectivity index is 1.11. The van der Waals surface area contributed by atoms with Gasteiger partial charge in [0.1, 0.15) is 35.4 Å². The first-order valence-corrected chi connectivity index (χ1v) is 23.1. The van der Waals surface area contributed by atoms with Gasteiger partial charge in [0.15, 0.2) is 29.8 Å². The number of carbonyl (C=O) groups is 2. The van der Waals surface area contributed by atoms with Crippen molar-refractivity contribution < 1.29 is 47.5 Å². The second-order valence-corrected chi connectivity index (χ2v) is 18.0. The number of aromatic nitrogens is 6. The summed E-state index contributed by atoms with van der Waals surface area (Å²) in [7, 11) is 4.49. The Bertz CT molecular complexity index is 2950. The van der Waals surface area contributed by atoms with Crippen molar-refractivity contribution in [2.45, 2.75) is 88.8 Å². The molecule has 8 rings (SSSR count). The molecular weight excluding hydrogens is 924 g/mol. The van der Waals surface area contributed by atoms with E-state index in [9.17, 15) is 29.1 Å². The number of nitrogens with zero attached hydrogens (tertiary/aromatic N) is 5. The number of H-pyrrole nitrogens is 2. The van der Waals surface area contributed by atoms with Crippen LogP contribution in [-0.4, -0.2) is 122 Å². The third-order valence-electron chi connectivity index (χ3n) is 13.0. The number of aliphatic hydroxyl groups excluding tert-OH is 1. The van der Waals surface area contributed by atoms with Crippen LogP contribution in [0, 0.1) is 11.8 Å². The second-order valence-electron chi connectivity index (χ2n) is 18.0. The molecule has 0 aliphatic carbocycles. The number of amides is 2. The van der Waals surface area contributed by atoms with Gasteiger partial charge >= 0.3 is 5.69 Å². The van der Waals surface area contributed by atoms with Crippen LogP contribution in [0.3, 0.4) is 0 Å². The summed E-state index contributed by atoms with van der Waals surface area (Å²) < 4.78 is 56.4. The monoisotopic (exact) mass is 980 g/mol. The minimum atomic E-state index is -1.98. The van der Waals surface area contributed by atoms with Crippen molar-refractivity contribution in [2.75, 3.05) is 39.8 Å². The highest BCUT2D eigenvalue weighted by Gasteiger charge is 2.51. The number of halogens is 1. The zero-order valence-electron chi connectivity index (χ0n) is 40.2. The largest absolute Gasteiger partial charge is 0.497 e. The van der Waals surface area contributed by atoms with Gasteiger partial charge in [-0.3, -0.25) is 43.6 Å². The van der Waals surface area contributed by atoms with Crippen LogP contribution < -0.4 is 31.6 Å². The average molecular weight is 981 g/mol. The normalized spacial score (nSPS) is 22.3. The second kappa shape index (κ2) is 21.1. The lowest BCUT2D eigenvalue weighted by Crippen LogP contribution is -2.47. The molecule has 2 fully saturated rings. The minimum absolute atomic E-state index is 0.0411. The predicted molar refractivity (Wildman–Crippen MR) is 256 cm³/mol. The molecule has 21 heteroatoms. The smallest absolute Gasteiger partial charge is 0.330 e. The quantitative estimate of drug-likeness (QED) is 0.0889. The van der Waals surface area contributed by atoms with Gasteiger partial charge in [0.25, 0.3) is 11.1 Å². The van der Waals surface area contributed by atoms with Crippen LogP contribution in [0.5, 0.6) is 11.5 Å². The Kier molecular flexibility index (Phi) is 15.0. The zero-order chi connectivity index (χ0) is 50.7. The van der Waals surface area contributed by atoms with E-state index in [1.165, 1.54) is 22.9 Å². The van der Waals surface area contributed by atoms with Crippen molar-refractivity contribution in [1.82, 2.24) is 34.0 Å². The number of alkyl halides is 1. The molecule has 3 aromatic heterocycles. The molecule has 2 saturated heterocycles. The molecule has 71 heavy (non-hydrogen) atoms. The molecule has 0 radical (unpaired) electrons. The summed E-state index contributed by atoms with van der Waals surface area (Å²) in [6, 6.07) is 24.6. The summed E-state index contributed by atoms with van der Waals surface area (Å²) in [6.45, 7) is 6.39. The number of benzene rings is 3. The third-order valence-corrected chi connectivity index (χ3v) is 13.0. The van der Waals surface area contributed by atoms with Crippen molar-refractivity contribution in [3.05, 3.63) is 145 Å². The van der Waals surface area contributed by atoms with Crippen LogP contribution in [0.15, 0.2) is 112 Å². The molecule has 0 spiro atoms. The fraction of sp³-hybridized carbons (Fsp3) is 0.420. The van der Waals surface area contributed by atoms with Gasteiger partial charge in [-0.15, -0.1) is 0 Å². The molecule has 6 aromatic rings. The maximum atomic E-state index is 17.3. The number of nitrogens with one attached hydrogen (secondary N) is 3. The number of ether oxygens (including phenoxy) is 6. The number of aromatic amines is 2. The van der Waals surface area contributed by atoms with E-state index in [0.717, 1.165) is 16.8 Å². The third kappa shape index (κ3) is 10.00. The summed E-state index contributed by atoms with van der Waals surface area (Å²) in [5.41, 5.74) is -1.52. The molecule has 8 atom stereocenters. The molecule has 0 unspecified atom stereocenters. The number of carbonyl (C=O) groups excluding carboxylic acids is 2. The molecule has 376 valence electrons. The maximum Gasteiger partial charge on any atom is 0.330 e. The van der Waals surface area contributed by atoms with Crippen LogP contribution >= 0.6 is 0 Å². The van der Waals surface area contributed by atoms with E-state index >= 15 is 4.39 Å². The van der Waals surface area contributed by atoms with Crippen LogP contribution in [0.1, 0.15) is 63.3 Å². The Hall–Kier alpha value is -7.04. The number of methoxy groups -OCH3 is 3. The number of aliphatic hydroxyl groups is 1. The lowest BCUT2D eigenvalue weighted by Gasteiger charge is -2.37. The number of fused-ring (bicyclic) bond motifs is 1. The van der Waals surface area contributed by atoms with Crippen LogP contribution in [0.25, 0.3) is 11.2 Å². The first kappa shape index (κ1) is 50.4. The molecule has 0 bridgehead atoms. The zero-order valence-corrected chi connectivity index (χ0v) is 40.2. The van der Waals surface area contributed by atoms with Crippen LogP contribution in [0.2, 0.25) is 0 Å². The first-order valence-electron chi connectivity index (χ1n) is 23.1. The molecule has 5 heterocycles. The maximum absolute atomic E-state index is 17.3. The average Bonchev–Trinajstić information content (AvgIpc) is 4.03. The van der Waals surface area contributed by atoms with Crippen molar-refractivity contribution in [3.8, 4) is 11.5 Å². The lowest BCUT2D eigenvalue weighted by molar-refractivity contribution is -0.139. The Labute approximate surface area is 406 Å². The summed E-state index contributed by atoms with van der Waals surface area (Å²) in [5.74, 6) is -1.47. The van der Waals surface area contributed by atoms with Gasteiger partial charge < -0.3 is 38.4 Å². The van der Waals surface area contributed by atoms with Gasteiger partial charge in [0, 0.05) is 50.2 Å². The van der Waals surface area contributed by atoms with E-state index in [4.69, 9.17) is 28.4 Å². The van der Waals surface area contributed by atoms with Gasteiger partial charge in [0.05, 0.1) is 33.3 Å². The van der Waals surface area contributed by atoms with Gasteiger partial charge in [-0.2, -0.15) is 4.98 Å². The predicted octanol–water partition coefficient (Wildman–Crippen LogP) is 4.04. The summed E-state index contributed by atoms with van der Waals surface area (Å²) in [5, 5.41) is 14.3. The number of hydrogen-bond acceptors (Lipinski definition) is 14. The number of hydrogen-bond donors (Lipinski definition) is 4. The molecule has 2 aliphatic rings. The molecule has 0 saturated carbocycles. The van der Waals surface area contributed by atoms with E-state index in [1.54, 1.807) is 66.2 Å². The Morgan fingerprint density at radius 3 is 2.04 bits per heavy atom. The SMILES string of the molecule is COc1ccc(C(OC[C@H]2O[C@@H](n3ccc(=O)[nH]c3=O)[C@H](F)[C@@H]2CC(=O)N(C[C@H]2O[C@@H](n3cnc4c(=O)[nH]c(NC(=O)C(C)C)nc43)[C@H](OC)[C@@H]2O)C(C)C)(c2ccccc2)c2ccc(OC)cc2)cc1. The molecule has 2 amide bonds. The van der Waals surface area contributed by atoms with E-state index in [0.29, 0.717) is 28.2 Å². The fourth-order valence-corrected chi connectivity index (χ4v) is 9.20. The van der Waals surface area contributed by atoms with E-state index in [2.05, 4.69) is 25.3 Å². The molecular formula is C50H57FN8O12. The fourth-order valence-electron chi connectivity index (χ4n) is 9.20. The van der Waals surface area contributed by atoms with E-state index < -0.39 is 95.7 Å². The van der Waals surface area contributed by atoms with Crippen LogP contribution in [0.4, 0.5) is 10.3 Å². The first-order chi connectivity index (χ1) is 34.1. The summed E-state index contributed by atoms with van der Waals surface area (Å²) in [4.78, 5) is 80.4. The summed E-state index contributed by atoms with van der Waals surface area (Å²) in [6.07, 6.45) is -7.27. The molecule has 3 aromatic carbocycles. The molecule has 2 aliphatic heterocycles. The van der Waals surface area contributed by atoms with Crippen molar-refractivity contribution in [1.29, 1.82) is 0 Å². The standard InChI is InChI=1S/C50H57FN8O12/c1-27(2)44(63)55-48-54-43-40(45(64)56-48)52-26-59(43)47-42(68-7)41(62)35(70-47)24-58(28(3)4)38(61)23-34-36(71-46(39(34)51)57-22-21-37(60)53-49(57)65)25-69-50(29-11-9-8-10-12-29,30-13-17-32(66-5)18-14-30)31-15-19-33(67-6)20-16-31/h8-22,26-28,34-36,39,41-42,46-47,62H,23-25H2,1-7H3,(H,53,60,65)(H2,54,55,56,63,64)/t34-,35-,36-,39-,41-,42-,46-,47-/m1/s1. The van der Waals surface area contributed by atoms with Crippen molar-refractivity contribution >= 4 is 28.9 Å². The highest BCUT2D eigenvalue weighted by atomic mass is 19.1. The summed E-state index contributed by atoms with van der Waals surface area (Å²) >= 11 is 0. The number of anilines is 1. The van der Waals surface area contributed by atoms with Gasteiger partial charge in [0.2, 0.25) is 17.8 Å². The Morgan fingerprint density at radius 2 is 1.46 bits per heavy atom. The number of imidazole rings is 1. The van der Waals surface area contributed by atoms with E-state index in [1.807, 2.05) is 54.6 Å². The van der Waals surface area contributed by atoms with Gasteiger partial charge in [-0.25, -0.2) is 14.2 Å². The topological polar surface area (TPSA) is 243 Å². The van der Waals surface area contributed by atoms with Crippen LogP contribution in [-0.2, 0) is 34.1 Å². The lowest BCUT2D eigenvalue weighted by atomic mass is 9.80. The molecule has 4 N–H and O–H groups in total. The van der Waals surface area contributed by atoms with Gasteiger partial charge in [-0.1, -0.05) is 68.4 Å². The highest BCUT2D eigenvalue weighted by molar-refractivity contribution is 5.91. The highest BCUT2D eigenvalue weighted by Crippen LogP contribution is 2.45. The molecule has 20 nitrogen and oxygen atoms in total. The van der Waals surface area contributed by atoms with Crippen molar-refractivity contribution in [2.24, 2.45) is 11.8 Å². The number of rotatable bonds is 18. The Morgan fingerprint density at radius 1 is 0.845 bits per heavy atom.